The number of piperidine rings is 1. The van der Waals surface area contributed by atoms with E-state index in [2.05, 4.69) is 15.3 Å². The summed E-state index contributed by atoms with van der Waals surface area (Å²) in [7, 11) is 4.01. The standard InChI is InChI=1S/C20H28ClN5O.ClH/c1-24(2)11-12-25(15-16-5-3-6-17(21)13-16)20(27)19-8-10-26(23-19)18-7-4-9-22-14-18;/h3,5-6,8,10,13,18,22H,4,7,9,11-12,14-15H2,1-2H3;1H. The minimum atomic E-state index is -0.0423. The Hall–Kier alpha value is -1.60. The first-order chi connectivity index (χ1) is 13.0. The number of hydrogen-bond donors (Lipinski definition) is 1. The molecule has 1 saturated heterocycles. The van der Waals surface area contributed by atoms with Gasteiger partial charge >= 0.3 is 0 Å². The van der Waals surface area contributed by atoms with Crippen LogP contribution in [0.5, 0.6) is 0 Å². The van der Waals surface area contributed by atoms with Gasteiger partial charge in [-0.05, 0) is 57.2 Å². The van der Waals surface area contributed by atoms with E-state index in [0.717, 1.165) is 38.0 Å². The fourth-order valence-electron chi connectivity index (χ4n) is 3.31. The molecular formula is C20H29Cl2N5O. The summed E-state index contributed by atoms with van der Waals surface area (Å²) >= 11 is 6.11. The van der Waals surface area contributed by atoms with Crippen LogP contribution >= 0.6 is 24.0 Å². The molecule has 6 nitrogen and oxygen atoms in total. The number of nitrogens with zero attached hydrogens (tertiary/aromatic N) is 4. The molecule has 3 rings (SSSR count). The third-order valence-electron chi connectivity index (χ3n) is 4.84. The number of hydrogen-bond acceptors (Lipinski definition) is 4. The van der Waals surface area contributed by atoms with Crippen molar-refractivity contribution in [1.82, 2.24) is 24.9 Å². The zero-order chi connectivity index (χ0) is 19.2. The number of carbonyl (C=O) groups excluding carboxylic acids is 1. The lowest BCUT2D eigenvalue weighted by Gasteiger charge is -2.24. The average Bonchev–Trinajstić information content (AvgIpc) is 3.15. The third kappa shape index (κ3) is 6.21. The van der Waals surface area contributed by atoms with Crippen LogP contribution in [0.4, 0.5) is 0 Å². The molecule has 1 fully saturated rings. The van der Waals surface area contributed by atoms with Gasteiger partial charge in [-0.25, -0.2) is 0 Å². The SMILES string of the molecule is CN(C)CCN(Cc1cccc(Cl)c1)C(=O)c1ccn(C2CCCNC2)n1.Cl. The van der Waals surface area contributed by atoms with Crippen molar-refractivity contribution in [2.75, 3.05) is 40.3 Å². The molecule has 0 radical (unpaired) electrons. The normalized spacial score (nSPS) is 16.6. The second-order valence-corrected chi connectivity index (χ2v) is 7.78. The molecule has 0 saturated carbocycles. The van der Waals surface area contributed by atoms with Gasteiger partial charge in [-0.3, -0.25) is 9.48 Å². The molecule has 1 amide bonds. The maximum atomic E-state index is 13.1. The number of aromatic nitrogens is 2. The van der Waals surface area contributed by atoms with Crippen LogP contribution in [0.1, 0.15) is 34.9 Å². The first kappa shape index (κ1) is 22.7. The molecule has 1 N–H and O–H groups in total. The summed E-state index contributed by atoms with van der Waals surface area (Å²) in [4.78, 5) is 17.0. The molecule has 2 heterocycles. The van der Waals surface area contributed by atoms with E-state index in [4.69, 9.17) is 11.6 Å². The first-order valence-corrected chi connectivity index (χ1v) is 9.85. The van der Waals surface area contributed by atoms with Gasteiger partial charge in [0.25, 0.3) is 5.91 Å². The quantitative estimate of drug-likeness (QED) is 0.740. The lowest BCUT2D eigenvalue weighted by atomic mass is 10.1. The predicted octanol–water partition coefficient (Wildman–Crippen LogP) is 3.09. The molecular weight excluding hydrogens is 397 g/mol. The second kappa shape index (κ2) is 10.8. The number of benzene rings is 1. The third-order valence-corrected chi connectivity index (χ3v) is 5.07. The van der Waals surface area contributed by atoms with Crippen molar-refractivity contribution >= 4 is 29.9 Å². The van der Waals surface area contributed by atoms with E-state index in [9.17, 15) is 4.79 Å². The Morgan fingerprint density at radius 1 is 1.32 bits per heavy atom. The number of likely N-dealkylation sites (N-methyl/N-ethyl adjacent to an activating group) is 1. The van der Waals surface area contributed by atoms with Crippen molar-refractivity contribution in [2.24, 2.45) is 0 Å². The summed E-state index contributed by atoms with van der Waals surface area (Å²) < 4.78 is 1.93. The van der Waals surface area contributed by atoms with E-state index in [1.165, 1.54) is 0 Å². The molecule has 1 unspecified atom stereocenters. The van der Waals surface area contributed by atoms with Gasteiger partial charge in [-0.15, -0.1) is 12.4 Å². The molecule has 0 aliphatic carbocycles. The Labute approximate surface area is 178 Å². The van der Waals surface area contributed by atoms with Crippen LogP contribution in [0, 0.1) is 0 Å². The molecule has 8 heteroatoms. The van der Waals surface area contributed by atoms with Gasteiger partial charge in [0.2, 0.25) is 0 Å². The van der Waals surface area contributed by atoms with Gasteiger partial charge in [0.1, 0.15) is 5.69 Å². The summed E-state index contributed by atoms with van der Waals surface area (Å²) in [6.45, 7) is 3.91. The van der Waals surface area contributed by atoms with Crippen molar-refractivity contribution in [3.8, 4) is 0 Å². The molecule has 1 aliphatic heterocycles. The molecule has 28 heavy (non-hydrogen) atoms. The van der Waals surface area contributed by atoms with Crippen LogP contribution in [0.25, 0.3) is 0 Å². The summed E-state index contributed by atoms with van der Waals surface area (Å²) in [6, 6.07) is 9.81. The van der Waals surface area contributed by atoms with Crippen molar-refractivity contribution < 1.29 is 4.79 Å². The molecule has 0 bridgehead atoms. The average molecular weight is 426 g/mol. The molecule has 154 valence electrons. The van der Waals surface area contributed by atoms with Crippen LogP contribution in [-0.2, 0) is 6.54 Å². The lowest BCUT2D eigenvalue weighted by molar-refractivity contribution is 0.0724. The van der Waals surface area contributed by atoms with E-state index >= 15 is 0 Å². The first-order valence-electron chi connectivity index (χ1n) is 9.47. The van der Waals surface area contributed by atoms with Crippen LogP contribution < -0.4 is 5.32 Å². The van der Waals surface area contributed by atoms with Gasteiger partial charge in [-0.2, -0.15) is 5.10 Å². The van der Waals surface area contributed by atoms with E-state index in [1.807, 2.05) is 60.2 Å². The Morgan fingerprint density at radius 2 is 2.14 bits per heavy atom. The Kier molecular flexibility index (Phi) is 8.76. The smallest absolute Gasteiger partial charge is 0.274 e. The fourth-order valence-corrected chi connectivity index (χ4v) is 3.52. The van der Waals surface area contributed by atoms with Crippen molar-refractivity contribution in [2.45, 2.75) is 25.4 Å². The van der Waals surface area contributed by atoms with Crippen molar-refractivity contribution in [3.05, 3.63) is 52.8 Å². The maximum absolute atomic E-state index is 13.1. The number of carbonyl (C=O) groups is 1. The summed E-state index contributed by atoms with van der Waals surface area (Å²) in [5, 5.41) is 8.66. The van der Waals surface area contributed by atoms with Gasteiger partial charge < -0.3 is 15.1 Å². The maximum Gasteiger partial charge on any atom is 0.274 e. The second-order valence-electron chi connectivity index (χ2n) is 7.34. The minimum Gasteiger partial charge on any atom is -0.332 e. The largest absolute Gasteiger partial charge is 0.332 e. The Morgan fingerprint density at radius 3 is 2.82 bits per heavy atom. The van der Waals surface area contributed by atoms with E-state index in [-0.39, 0.29) is 18.3 Å². The summed E-state index contributed by atoms with van der Waals surface area (Å²) in [5.74, 6) is -0.0423. The van der Waals surface area contributed by atoms with Crippen molar-refractivity contribution in [3.63, 3.8) is 0 Å². The molecule has 1 aliphatic rings. The Balaban J connectivity index is 0.00000280. The minimum absolute atomic E-state index is 0. The van der Waals surface area contributed by atoms with Gasteiger partial charge in [0, 0.05) is 37.4 Å². The van der Waals surface area contributed by atoms with Crippen LogP contribution in [-0.4, -0.2) is 65.8 Å². The Bertz CT molecular complexity index is 759. The highest BCUT2D eigenvalue weighted by Gasteiger charge is 2.21. The molecule has 2 aromatic rings. The summed E-state index contributed by atoms with van der Waals surface area (Å²) in [5.41, 5.74) is 1.52. The molecule has 1 atom stereocenters. The monoisotopic (exact) mass is 425 g/mol. The van der Waals surface area contributed by atoms with Crippen LogP contribution in [0.3, 0.4) is 0 Å². The number of nitrogens with one attached hydrogen (secondary N) is 1. The molecule has 1 aromatic heterocycles. The summed E-state index contributed by atoms with van der Waals surface area (Å²) in [6.07, 6.45) is 4.15. The van der Waals surface area contributed by atoms with Gasteiger partial charge in [-0.1, -0.05) is 23.7 Å². The zero-order valence-electron chi connectivity index (χ0n) is 16.5. The number of amides is 1. The van der Waals surface area contributed by atoms with E-state index < -0.39 is 0 Å². The highest BCUT2D eigenvalue weighted by Crippen LogP contribution is 2.18. The number of rotatable bonds is 7. The topological polar surface area (TPSA) is 53.4 Å². The van der Waals surface area contributed by atoms with Crippen LogP contribution in [0.2, 0.25) is 5.02 Å². The van der Waals surface area contributed by atoms with Gasteiger partial charge in [0.05, 0.1) is 6.04 Å². The molecule has 1 aromatic carbocycles. The van der Waals surface area contributed by atoms with E-state index in [1.54, 1.807) is 0 Å². The van der Waals surface area contributed by atoms with Gasteiger partial charge in [0.15, 0.2) is 0 Å². The molecule has 0 spiro atoms. The van der Waals surface area contributed by atoms with Crippen molar-refractivity contribution in [1.29, 1.82) is 0 Å². The number of halogens is 2. The predicted molar refractivity (Wildman–Crippen MR) is 115 cm³/mol. The van der Waals surface area contributed by atoms with E-state index in [0.29, 0.717) is 29.8 Å². The zero-order valence-corrected chi connectivity index (χ0v) is 18.0. The lowest BCUT2D eigenvalue weighted by Crippen LogP contribution is -2.37. The highest BCUT2D eigenvalue weighted by atomic mass is 35.5. The fraction of sp³-hybridized carbons (Fsp3) is 0.500. The highest BCUT2D eigenvalue weighted by molar-refractivity contribution is 6.30. The van der Waals surface area contributed by atoms with Crippen LogP contribution in [0.15, 0.2) is 36.5 Å².